The number of ether oxygens (including phenoxy) is 1. The van der Waals surface area contributed by atoms with Crippen LogP contribution >= 0.6 is 0 Å². The van der Waals surface area contributed by atoms with Crippen LogP contribution in [0.1, 0.15) is 35.8 Å². The van der Waals surface area contributed by atoms with Crippen molar-refractivity contribution in [3.05, 3.63) is 83.9 Å². The molecule has 2 unspecified atom stereocenters. The van der Waals surface area contributed by atoms with Gasteiger partial charge in [-0.3, -0.25) is 4.79 Å². The first kappa shape index (κ1) is 25.6. The third kappa shape index (κ3) is 4.80. The summed E-state index contributed by atoms with van der Waals surface area (Å²) in [6.45, 7) is 3.29. The zero-order valence-electron chi connectivity index (χ0n) is 21.1. The summed E-state index contributed by atoms with van der Waals surface area (Å²) in [4.78, 5) is 41.0. The van der Waals surface area contributed by atoms with Crippen LogP contribution in [0.5, 0.6) is 0 Å². The standard InChI is InChI=1S/C28H28N4O5/c1-5-37-27(36)28(18(2)33)25(19-9-13-23(14-10-19)31(3)4)32(28)24-15-11-21(12-16-24)29-30-22-8-6-7-20(17-22)26(34)35/h6-17,25H,5H2,1-4H3,(H,34,35). The van der Waals surface area contributed by atoms with Gasteiger partial charge < -0.3 is 19.6 Å². The second-order valence-corrected chi connectivity index (χ2v) is 8.87. The average Bonchev–Trinajstić information content (AvgIpc) is 3.60. The molecule has 1 heterocycles. The van der Waals surface area contributed by atoms with E-state index < -0.39 is 23.5 Å². The number of rotatable bonds is 9. The molecule has 0 bridgehead atoms. The first-order chi connectivity index (χ1) is 17.7. The number of carbonyl (C=O) groups excluding carboxylic acids is 2. The first-order valence-corrected chi connectivity index (χ1v) is 11.8. The number of azo groups is 1. The van der Waals surface area contributed by atoms with Crippen molar-refractivity contribution < 1.29 is 24.2 Å². The molecule has 0 amide bonds. The highest BCUT2D eigenvalue weighted by Crippen LogP contribution is 2.57. The van der Waals surface area contributed by atoms with Crippen molar-refractivity contribution in [3.63, 3.8) is 0 Å². The Morgan fingerprint density at radius 2 is 1.62 bits per heavy atom. The molecule has 0 spiro atoms. The van der Waals surface area contributed by atoms with Gasteiger partial charge in [-0.2, -0.15) is 10.2 Å². The minimum atomic E-state index is -1.45. The lowest BCUT2D eigenvalue weighted by Crippen LogP contribution is -2.39. The van der Waals surface area contributed by atoms with Crippen molar-refractivity contribution in [1.82, 2.24) is 0 Å². The van der Waals surface area contributed by atoms with Gasteiger partial charge in [-0.25, -0.2) is 9.59 Å². The number of aromatic carboxylic acids is 1. The third-order valence-corrected chi connectivity index (χ3v) is 6.32. The number of hydrogen-bond donors (Lipinski definition) is 1. The SMILES string of the molecule is CCOC(=O)C1(C(C)=O)C(c2ccc(N(C)C)cc2)N1c1ccc(N=Nc2cccc(C(=O)O)c2)cc1. The quantitative estimate of drug-likeness (QED) is 0.183. The Balaban J connectivity index is 1.65. The van der Waals surface area contributed by atoms with Crippen LogP contribution in [0.4, 0.5) is 22.7 Å². The molecule has 4 rings (SSSR count). The summed E-state index contributed by atoms with van der Waals surface area (Å²) in [5.74, 6) is -1.91. The normalized spacial score (nSPS) is 18.5. The Kier molecular flexibility index (Phi) is 7.06. The Morgan fingerprint density at radius 3 is 2.19 bits per heavy atom. The maximum atomic E-state index is 13.1. The van der Waals surface area contributed by atoms with Crippen molar-refractivity contribution in [2.24, 2.45) is 10.2 Å². The molecule has 0 radical (unpaired) electrons. The van der Waals surface area contributed by atoms with E-state index in [0.717, 1.165) is 11.3 Å². The lowest BCUT2D eigenvalue weighted by molar-refractivity contribution is -0.148. The van der Waals surface area contributed by atoms with Gasteiger partial charge >= 0.3 is 11.9 Å². The Hall–Kier alpha value is -4.53. The highest BCUT2D eigenvalue weighted by molar-refractivity contribution is 6.17. The molecule has 1 N–H and O–H groups in total. The fourth-order valence-corrected chi connectivity index (χ4v) is 4.44. The molecule has 3 aromatic carbocycles. The summed E-state index contributed by atoms with van der Waals surface area (Å²) in [5, 5.41) is 17.4. The molecule has 1 aliphatic heterocycles. The fourth-order valence-electron chi connectivity index (χ4n) is 4.44. The summed E-state index contributed by atoms with van der Waals surface area (Å²) < 4.78 is 5.35. The molecule has 1 aliphatic rings. The zero-order chi connectivity index (χ0) is 26.7. The van der Waals surface area contributed by atoms with Gasteiger partial charge in [0.05, 0.1) is 29.6 Å². The van der Waals surface area contributed by atoms with Crippen LogP contribution in [0.15, 0.2) is 83.0 Å². The lowest BCUT2D eigenvalue weighted by atomic mass is 9.95. The maximum absolute atomic E-state index is 13.1. The molecule has 0 aliphatic carbocycles. The van der Waals surface area contributed by atoms with Crippen molar-refractivity contribution in [2.45, 2.75) is 25.4 Å². The molecule has 0 aromatic heterocycles. The van der Waals surface area contributed by atoms with Gasteiger partial charge in [-0.05, 0) is 74.0 Å². The molecule has 3 aromatic rings. The minimum absolute atomic E-state index is 0.123. The van der Waals surface area contributed by atoms with Gasteiger partial charge in [-0.15, -0.1) is 0 Å². The highest BCUT2D eigenvalue weighted by Gasteiger charge is 2.73. The number of carbonyl (C=O) groups is 3. The number of ketones is 1. The molecular weight excluding hydrogens is 472 g/mol. The van der Waals surface area contributed by atoms with E-state index in [4.69, 9.17) is 9.84 Å². The van der Waals surface area contributed by atoms with E-state index in [2.05, 4.69) is 10.2 Å². The van der Waals surface area contributed by atoms with Crippen molar-refractivity contribution in [3.8, 4) is 0 Å². The zero-order valence-corrected chi connectivity index (χ0v) is 21.1. The number of esters is 1. The van der Waals surface area contributed by atoms with Crippen LogP contribution in [0.2, 0.25) is 0 Å². The predicted octanol–water partition coefficient (Wildman–Crippen LogP) is 5.32. The van der Waals surface area contributed by atoms with Crippen molar-refractivity contribution >= 4 is 40.5 Å². The summed E-state index contributed by atoms with van der Waals surface area (Å²) >= 11 is 0. The van der Waals surface area contributed by atoms with Gasteiger partial charge in [0.25, 0.3) is 0 Å². The van der Waals surface area contributed by atoms with Gasteiger partial charge in [0.2, 0.25) is 5.54 Å². The maximum Gasteiger partial charge on any atom is 0.342 e. The van der Waals surface area contributed by atoms with Crippen LogP contribution in [0.3, 0.4) is 0 Å². The molecule has 9 nitrogen and oxygen atoms in total. The summed E-state index contributed by atoms with van der Waals surface area (Å²) in [6.07, 6.45) is 0. The van der Waals surface area contributed by atoms with Crippen molar-refractivity contribution in [1.29, 1.82) is 0 Å². The van der Waals surface area contributed by atoms with E-state index in [-0.39, 0.29) is 18.0 Å². The first-order valence-electron chi connectivity index (χ1n) is 11.8. The van der Waals surface area contributed by atoms with E-state index in [1.165, 1.54) is 19.1 Å². The smallest absolute Gasteiger partial charge is 0.342 e. The number of anilines is 2. The largest absolute Gasteiger partial charge is 0.478 e. The minimum Gasteiger partial charge on any atom is -0.478 e. The molecule has 1 saturated heterocycles. The third-order valence-electron chi connectivity index (χ3n) is 6.32. The van der Waals surface area contributed by atoms with Gasteiger partial charge in [0.15, 0.2) is 5.78 Å². The van der Waals surface area contributed by atoms with E-state index in [1.54, 1.807) is 48.2 Å². The second kappa shape index (κ2) is 10.2. The number of carboxylic acid groups (broad SMARTS) is 1. The topological polar surface area (TPSA) is 112 Å². The molecular formula is C28H28N4O5. The highest BCUT2D eigenvalue weighted by atomic mass is 16.5. The monoisotopic (exact) mass is 500 g/mol. The van der Waals surface area contributed by atoms with Gasteiger partial charge in [-0.1, -0.05) is 18.2 Å². The van der Waals surface area contributed by atoms with E-state index in [0.29, 0.717) is 17.1 Å². The van der Waals surface area contributed by atoms with Crippen molar-refractivity contribution in [2.75, 3.05) is 30.5 Å². The second-order valence-electron chi connectivity index (χ2n) is 8.87. The Bertz CT molecular complexity index is 1350. The number of carboxylic acids is 1. The summed E-state index contributed by atoms with van der Waals surface area (Å²) in [6, 6.07) is 20.4. The van der Waals surface area contributed by atoms with E-state index in [9.17, 15) is 14.4 Å². The number of hydrogen-bond acceptors (Lipinski definition) is 8. The molecule has 2 atom stereocenters. The number of benzene rings is 3. The molecule has 190 valence electrons. The Labute approximate surface area is 215 Å². The van der Waals surface area contributed by atoms with Crippen LogP contribution in [0.25, 0.3) is 0 Å². The van der Waals surface area contributed by atoms with Crippen LogP contribution in [0, 0.1) is 0 Å². The summed E-state index contributed by atoms with van der Waals surface area (Å²) in [5.41, 5.74) is 2.11. The molecule has 37 heavy (non-hydrogen) atoms. The summed E-state index contributed by atoms with van der Waals surface area (Å²) in [7, 11) is 3.89. The Morgan fingerprint density at radius 1 is 0.973 bits per heavy atom. The molecule has 9 heteroatoms. The lowest BCUT2D eigenvalue weighted by Gasteiger charge is -2.14. The van der Waals surface area contributed by atoms with Gasteiger partial charge in [0, 0.05) is 25.5 Å². The predicted molar refractivity (Wildman–Crippen MR) is 140 cm³/mol. The fraction of sp³-hybridized carbons (Fsp3) is 0.250. The van der Waals surface area contributed by atoms with Crippen LogP contribution < -0.4 is 9.80 Å². The average molecular weight is 501 g/mol. The van der Waals surface area contributed by atoms with E-state index in [1.807, 2.05) is 43.3 Å². The van der Waals surface area contributed by atoms with Crippen LogP contribution in [-0.2, 0) is 14.3 Å². The van der Waals surface area contributed by atoms with Gasteiger partial charge in [0.1, 0.15) is 0 Å². The van der Waals surface area contributed by atoms with Crippen LogP contribution in [-0.4, -0.2) is 49.1 Å². The molecule has 1 fully saturated rings. The number of Topliss-reactive ketones (excluding diaryl/α,β-unsaturated/α-hetero) is 1. The number of nitrogens with zero attached hydrogens (tertiary/aromatic N) is 4. The molecule has 0 saturated carbocycles. The van der Waals surface area contributed by atoms with E-state index >= 15 is 0 Å².